The van der Waals surface area contributed by atoms with Crippen molar-refractivity contribution >= 4 is 27.5 Å². The predicted octanol–water partition coefficient (Wildman–Crippen LogP) is 3.61. The molecule has 0 aliphatic heterocycles. The second kappa shape index (κ2) is 7.39. The Morgan fingerprint density at radius 2 is 1.85 bits per heavy atom. The van der Waals surface area contributed by atoms with Crippen LogP contribution in [0.5, 0.6) is 0 Å². The van der Waals surface area contributed by atoms with Crippen LogP contribution >= 0.6 is 11.6 Å². The van der Waals surface area contributed by atoms with Gasteiger partial charge in [0.1, 0.15) is 0 Å². The first kappa shape index (κ1) is 18.9. The summed E-state index contributed by atoms with van der Waals surface area (Å²) in [5.41, 5.74) is 1.29. The highest BCUT2D eigenvalue weighted by molar-refractivity contribution is 7.89. The summed E-state index contributed by atoms with van der Waals surface area (Å²) in [6, 6.07) is 13.3. The minimum atomic E-state index is -3.59. The second-order valence-electron chi connectivity index (χ2n) is 6.57. The zero-order valence-electron chi connectivity index (χ0n) is 14.6. The molecule has 0 spiro atoms. The average Bonchev–Trinajstić information content (AvgIpc) is 3.44. The maximum absolute atomic E-state index is 12.8. The van der Waals surface area contributed by atoms with E-state index in [9.17, 15) is 13.2 Å². The number of carbonyl (C=O) groups is 1. The highest BCUT2D eigenvalue weighted by Crippen LogP contribution is 2.25. The highest BCUT2D eigenvalue weighted by Gasteiger charge is 2.28. The van der Waals surface area contributed by atoms with Crippen molar-refractivity contribution < 1.29 is 13.2 Å². The monoisotopic (exact) mass is 392 g/mol. The molecule has 3 rings (SSSR count). The van der Waals surface area contributed by atoms with Crippen molar-refractivity contribution in [3.63, 3.8) is 0 Å². The van der Waals surface area contributed by atoms with Crippen molar-refractivity contribution in [2.24, 2.45) is 0 Å². The van der Waals surface area contributed by atoms with Crippen LogP contribution in [0.4, 0.5) is 0 Å². The first-order valence-corrected chi connectivity index (χ1v) is 10.3. The first-order valence-electron chi connectivity index (χ1n) is 8.43. The zero-order chi connectivity index (χ0) is 18.9. The van der Waals surface area contributed by atoms with Crippen molar-refractivity contribution in [3.8, 4) is 0 Å². The minimum absolute atomic E-state index is 0.0203. The quantitative estimate of drug-likeness (QED) is 0.816. The third kappa shape index (κ3) is 4.26. The Morgan fingerprint density at radius 1 is 1.19 bits per heavy atom. The van der Waals surface area contributed by atoms with Gasteiger partial charge in [0.25, 0.3) is 5.91 Å². The van der Waals surface area contributed by atoms with Crippen LogP contribution in [0.15, 0.2) is 53.4 Å². The van der Waals surface area contributed by atoms with Crippen LogP contribution in [0, 0.1) is 0 Å². The van der Waals surface area contributed by atoms with Gasteiger partial charge in [-0.15, -0.1) is 0 Å². The van der Waals surface area contributed by atoms with Gasteiger partial charge in [-0.25, -0.2) is 13.1 Å². The number of carbonyl (C=O) groups excluding carboxylic acids is 1. The summed E-state index contributed by atoms with van der Waals surface area (Å²) in [7, 11) is -1.89. The third-order valence-electron chi connectivity index (χ3n) is 4.54. The molecular formula is C19H21ClN2O3S. The van der Waals surface area contributed by atoms with Gasteiger partial charge in [-0.2, -0.15) is 0 Å². The van der Waals surface area contributed by atoms with Crippen LogP contribution in [0.2, 0.25) is 5.02 Å². The number of sulfonamides is 1. The number of nitrogens with one attached hydrogen (secondary N) is 1. The molecule has 1 atom stereocenters. The molecule has 1 aliphatic rings. The van der Waals surface area contributed by atoms with Crippen LogP contribution in [0.3, 0.4) is 0 Å². The second-order valence-corrected chi connectivity index (χ2v) is 8.72. The molecule has 1 aliphatic carbocycles. The van der Waals surface area contributed by atoms with Gasteiger partial charge in [-0.1, -0.05) is 29.8 Å². The van der Waals surface area contributed by atoms with Crippen molar-refractivity contribution in [1.82, 2.24) is 9.62 Å². The van der Waals surface area contributed by atoms with Crippen LogP contribution in [0.1, 0.15) is 41.7 Å². The molecule has 1 unspecified atom stereocenters. The van der Waals surface area contributed by atoms with Crippen LogP contribution in [0.25, 0.3) is 0 Å². The van der Waals surface area contributed by atoms with Crippen molar-refractivity contribution in [2.45, 2.75) is 36.7 Å². The fraction of sp³-hybridized carbons (Fsp3) is 0.316. The topological polar surface area (TPSA) is 66.5 Å². The number of hydrogen-bond donors (Lipinski definition) is 1. The molecule has 5 nitrogen and oxygen atoms in total. The third-order valence-corrected chi connectivity index (χ3v) is 6.31. The number of hydrogen-bond acceptors (Lipinski definition) is 3. The van der Waals surface area contributed by atoms with Gasteiger partial charge >= 0.3 is 0 Å². The molecule has 0 heterocycles. The summed E-state index contributed by atoms with van der Waals surface area (Å²) in [5, 5.41) is 0.635. The lowest BCUT2D eigenvalue weighted by Crippen LogP contribution is -2.30. The zero-order valence-corrected chi connectivity index (χ0v) is 16.2. The lowest BCUT2D eigenvalue weighted by Gasteiger charge is -2.25. The Labute approximate surface area is 159 Å². The molecule has 0 saturated heterocycles. The van der Waals surface area contributed by atoms with Gasteiger partial charge < -0.3 is 4.90 Å². The molecule has 1 N–H and O–H groups in total. The summed E-state index contributed by atoms with van der Waals surface area (Å²) < 4.78 is 27.4. The van der Waals surface area contributed by atoms with Gasteiger partial charge in [0.2, 0.25) is 10.0 Å². The van der Waals surface area contributed by atoms with Gasteiger partial charge in [-0.05, 0) is 55.7 Å². The predicted molar refractivity (Wildman–Crippen MR) is 102 cm³/mol. The van der Waals surface area contributed by atoms with E-state index < -0.39 is 10.0 Å². The maximum Gasteiger partial charge on any atom is 0.254 e. The molecule has 0 radical (unpaired) electrons. The number of halogens is 1. The summed E-state index contributed by atoms with van der Waals surface area (Å²) in [6.45, 7) is 1.91. The largest absolute Gasteiger partial charge is 0.335 e. The summed E-state index contributed by atoms with van der Waals surface area (Å²) in [5.74, 6) is -0.240. The SMILES string of the molecule is CC(c1ccc(Cl)cc1)N(C)C(=O)c1cccc(S(=O)(=O)NC2CC2)c1. The molecule has 2 aromatic rings. The molecule has 1 saturated carbocycles. The summed E-state index contributed by atoms with van der Waals surface area (Å²) >= 11 is 5.91. The molecule has 0 aromatic heterocycles. The number of amides is 1. The molecule has 0 bridgehead atoms. The van der Waals surface area contributed by atoms with Crippen LogP contribution < -0.4 is 4.72 Å². The molecule has 1 fully saturated rings. The fourth-order valence-corrected chi connectivity index (χ4v) is 4.11. The summed E-state index contributed by atoms with van der Waals surface area (Å²) in [6.07, 6.45) is 1.72. The van der Waals surface area contributed by atoms with Crippen LogP contribution in [-0.2, 0) is 10.0 Å². The standard InChI is InChI=1S/C19H21ClN2O3S/c1-13(14-6-8-16(20)9-7-14)22(2)19(23)15-4-3-5-18(12-15)26(24,25)21-17-10-11-17/h3-9,12-13,17,21H,10-11H2,1-2H3. The molecule has 2 aromatic carbocycles. The average molecular weight is 393 g/mol. The Hall–Kier alpha value is -1.89. The first-order chi connectivity index (χ1) is 12.3. The van der Waals surface area contributed by atoms with E-state index in [-0.39, 0.29) is 22.9 Å². The maximum atomic E-state index is 12.8. The van der Waals surface area contributed by atoms with E-state index in [1.54, 1.807) is 36.2 Å². The Bertz CT molecular complexity index is 909. The van der Waals surface area contributed by atoms with Crippen molar-refractivity contribution in [2.75, 3.05) is 7.05 Å². The van der Waals surface area contributed by atoms with Crippen molar-refractivity contribution in [1.29, 1.82) is 0 Å². The fourth-order valence-electron chi connectivity index (χ4n) is 2.63. The molecule has 1 amide bonds. The molecular weight excluding hydrogens is 372 g/mol. The van der Waals surface area contributed by atoms with Gasteiger partial charge in [0.15, 0.2) is 0 Å². The van der Waals surface area contributed by atoms with Crippen molar-refractivity contribution in [3.05, 3.63) is 64.7 Å². The minimum Gasteiger partial charge on any atom is -0.335 e. The molecule has 7 heteroatoms. The van der Waals surface area contributed by atoms with E-state index >= 15 is 0 Å². The van der Waals surface area contributed by atoms with E-state index in [0.717, 1.165) is 18.4 Å². The van der Waals surface area contributed by atoms with E-state index in [1.807, 2.05) is 19.1 Å². The van der Waals surface area contributed by atoms with E-state index in [2.05, 4.69) is 4.72 Å². The van der Waals surface area contributed by atoms with Gasteiger partial charge in [0, 0.05) is 23.7 Å². The Morgan fingerprint density at radius 3 is 2.46 bits per heavy atom. The Kier molecular flexibility index (Phi) is 5.37. The lowest BCUT2D eigenvalue weighted by atomic mass is 10.1. The Balaban J connectivity index is 1.80. The number of rotatable bonds is 6. The summed E-state index contributed by atoms with van der Waals surface area (Å²) in [4.78, 5) is 14.5. The number of nitrogens with zero attached hydrogens (tertiary/aromatic N) is 1. The molecule has 26 heavy (non-hydrogen) atoms. The lowest BCUT2D eigenvalue weighted by molar-refractivity contribution is 0.0742. The van der Waals surface area contributed by atoms with Crippen LogP contribution in [-0.4, -0.2) is 32.3 Å². The normalized spacial score (nSPS) is 15.5. The van der Waals surface area contributed by atoms with E-state index in [0.29, 0.717) is 10.6 Å². The molecule has 138 valence electrons. The smallest absolute Gasteiger partial charge is 0.254 e. The number of benzene rings is 2. The van der Waals surface area contributed by atoms with E-state index in [4.69, 9.17) is 11.6 Å². The van der Waals surface area contributed by atoms with Gasteiger partial charge in [0.05, 0.1) is 10.9 Å². The van der Waals surface area contributed by atoms with E-state index in [1.165, 1.54) is 12.1 Å². The highest BCUT2D eigenvalue weighted by atomic mass is 35.5. The van der Waals surface area contributed by atoms with Gasteiger partial charge in [-0.3, -0.25) is 4.79 Å².